The van der Waals surface area contributed by atoms with Gasteiger partial charge in [-0.3, -0.25) is 4.79 Å². The second-order valence-corrected chi connectivity index (χ2v) is 6.11. The van der Waals surface area contributed by atoms with E-state index in [9.17, 15) is 4.79 Å². The quantitative estimate of drug-likeness (QED) is 0.713. The highest BCUT2D eigenvalue weighted by Crippen LogP contribution is 2.40. The van der Waals surface area contributed by atoms with Crippen LogP contribution in [0.4, 0.5) is 11.4 Å². The van der Waals surface area contributed by atoms with E-state index in [1.54, 1.807) is 18.2 Å². The van der Waals surface area contributed by atoms with Crippen LogP contribution in [-0.2, 0) is 4.79 Å². The summed E-state index contributed by atoms with van der Waals surface area (Å²) in [4.78, 5) is 12.6. The van der Waals surface area contributed by atoms with Crippen molar-refractivity contribution >= 4 is 17.2 Å². The van der Waals surface area contributed by atoms with Gasteiger partial charge in [0.05, 0.1) is 28.4 Å². The molecule has 0 amide bonds. The van der Waals surface area contributed by atoms with Crippen LogP contribution >= 0.6 is 0 Å². The van der Waals surface area contributed by atoms with Gasteiger partial charge in [0.15, 0.2) is 0 Å². The summed E-state index contributed by atoms with van der Waals surface area (Å²) in [6.45, 7) is 2.19. The minimum absolute atomic E-state index is 0.259. The van der Waals surface area contributed by atoms with E-state index in [4.69, 9.17) is 11.0 Å². The maximum absolute atomic E-state index is 12.6. The largest absolute Gasteiger partial charge is 0.397 e. The molecule has 0 spiro atoms. The number of benzene rings is 1. The van der Waals surface area contributed by atoms with Crippen LogP contribution in [0.3, 0.4) is 0 Å². The monoisotopic (exact) mass is 284 g/mol. The summed E-state index contributed by atoms with van der Waals surface area (Å²) in [5.74, 6) is 0.643. The number of carbonyl (C=O) groups excluding carboxylic acids is 1. The van der Waals surface area contributed by atoms with Crippen LogP contribution in [0.2, 0.25) is 0 Å². The summed E-state index contributed by atoms with van der Waals surface area (Å²) in [5, 5.41) is 15.6. The molecule has 2 aliphatic rings. The Morgan fingerprint density at radius 1 is 1.52 bits per heavy atom. The maximum Gasteiger partial charge on any atom is 0.145 e. The van der Waals surface area contributed by atoms with E-state index in [0.29, 0.717) is 23.6 Å². The van der Waals surface area contributed by atoms with Gasteiger partial charge in [-0.25, -0.2) is 0 Å². The highest BCUT2D eigenvalue weighted by Gasteiger charge is 2.47. The molecule has 3 rings (SSSR count). The maximum atomic E-state index is 12.6. The number of nitriles is 1. The molecular weight excluding hydrogens is 264 g/mol. The van der Waals surface area contributed by atoms with Crippen LogP contribution < -0.4 is 16.4 Å². The SMILES string of the molecule is N#Cc1ccc(N)c(NC[C@]2(C(=O)C3CC3)CCNC2)c1. The van der Waals surface area contributed by atoms with Crippen molar-refractivity contribution in [2.45, 2.75) is 19.3 Å². The third-order valence-electron chi connectivity index (χ3n) is 4.51. The molecule has 0 radical (unpaired) electrons. The molecular formula is C16H20N4O. The fourth-order valence-electron chi connectivity index (χ4n) is 3.01. The van der Waals surface area contributed by atoms with Gasteiger partial charge >= 0.3 is 0 Å². The number of hydrogen-bond acceptors (Lipinski definition) is 5. The molecule has 0 aromatic heterocycles. The number of hydrogen-bond donors (Lipinski definition) is 3. The number of nitrogen functional groups attached to an aromatic ring is 1. The van der Waals surface area contributed by atoms with Gasteiger partial charge in [-0.1, -0.05) is 0 Å². The zero-order chi connectivity index (χ0) is 14.9. The molecule has 1 heterocycles. The van der Waals surface area contributed by atoms with Crippen molar-refractivity contribution in [3.63, 3.8) is 0 Å². The van der Waals surface area contributed by atoms with Gasteiger partial charge in [0, 0.05) is 19.0 Å². The second kappa shape index (κ2) is 5.38. The highest BCUT2D eigenvalue weighted by molar-refractivity contribution is 5.90. The molecule has 21 heavy (non-hydrogen) atoms. The topological polar surface area (TPSA) is 90.9 Å². The van der Waals surface area contributed by atoms with Gasteiger partial charge in [-0.15, -0.1) is 0 Å². The lowest BCUT2D eigenvalue weighted by Crippen LogP contribution is -2.41. The van der Waals surface area contributed by atoms with E-state index >= 15 is 0 Å². The van der Waals surface area contributed by atoms with Gasteiger partial charge in [0.25, 0.3) is 0 Å². The lowest BCUT2D eigenvalue weighted by molar-refractivity contribution is -0.128. The summed E-state index contributed by atoms with van der Waals surface area (Å²) >= 11 is 0. The molecule has 1 saturated carbocycles. The van der Waals surface area contributed by atoms with Crippen molar-refractivity contribution in [1.29, 1.82) is 5.26 Å². The smallest absolute Gasteiger partial charge is 0.145 e. The number of nitrogens with one attached hydrogen (secondary N) is 2. The lowest BCUT2D eigenvalue weighted by Gasteiger charge is -2.28. The number of carbonyl (C=O) groups is 1. The molecule has 110 valence electrons. The summed E-state index contributed by atoms with van der Waals surface area (Å²) in [5.41, 5.74) is 7.54. The molecule has 1 atom stereocenters. The van der Waals surface area contributed by atoms with Crippen molar-refractivity contribution < 1.29 is 4.79 Å². The standard InChI is InChI=1S/C16H20N4O/c17-8-11-1-4-13(18)14(7-11)20-10-16(5-6-19-9-16)15(21)12-2-3-12/h1,4,7,12,19-20H,2-3,5-6,9-10,18H2/t16-/m0/s1. The predicted molar refractivity (Wildman–Crippen MR) is 81.7 cm³/mol. The van der Waals surface area contributed by atoms with Gasteiger partial charge in [0.2, 0.25) is 0 Å². The number of Topliss-reactive ketones (excluding diaryl/α,β-unsaturated/α-hetero) is 1. The number of anilines is 2. The minimum atomic E-state index is -0.323. The van der Waals surface area contributed by atoms with Crippen LogP contribution in [0.25, 0.3) is 0 Å². The Morgan fingerprint density at radius 2 is 2.33 bits per heavy atom. The second-order valence-electron chi connectivity index (χ2n) is 6.11. The van der Waals surface area contributed by atoms with E-state index in [-0.39, 0.29) is 11.3 Å². The number of nitrogens with two attached hydrogens (primary N) is 1. The van der Waals surface area contributed by atoms with Crippen LogP contribution in [0, 0.1) is 22.7 Å². The minimum Gasteiger partial charge on any atom is -0.397 e. The summed E-state index contributed by atoms with van der Waals surface area (Å²) < 4.78 is 0. The molecule has 1 aliphatic heterocycles. The number of ketones is 1. The Kier molecular flexibility index (Phi) is 3.56. The van der Waals surface area contributed by atoms with E-state index in [1.807, 2.05) is 0 Å². The third-order valence-corrected chi connectivity index (χ3v) is 4.51. The van der Waals surface area contributed by atoms with Crippen LogP contribution in [0.15, 0.2) is 18.2 Å². The zero-order valence-electron chi connectivity index (χ0n) is 12.0. The number of rotatable bonds is 5. The molecule has 5 nitrogen and oxygen atoms in total. The number of nitrogens with zero attached hydrogens (tertiary/aromatic N) is 1. The van der Waals surface area contributed by atoms with Crippen LogP contribution in [-0.4, -0.2) is 25.4 Å². The predicted octanol–water partition coefficient (Wildman–Crippen LogP) is 1.51. The van der Waals surface area contributed by atoms with Crippen molar-refractivity contribution in [3.8, 4) is 6.07 Å². The molecule has 0 bridgehead atoms. The molecule has 5 heteroatoms. The van der Waals surface area contributed by atoms with E-state index in [1.165, 1.54) is 0 Å². The van der Waals surface area contributed by atoms with Gasteiger partial charge < -0.3 is 16.4 Å². The first-order valence-electron chi connectivity index (χ1n) is 7.43. The van der Waals surface area contributed by atoms with Crippen LogP contribution in [0.5, 0.6) is 0 Å². The third kappa shape index (κ3) is 2.72. The van der Waals surface area contributed by atoms with Gasteiger partial charge in [-0.2, -0.15) is 5.26 Å². The molecule has 2 fully saturated rings. The molecule has 1 saturated heterocycles. The normalized spacial score (nSPS) is 24.5. The van der Waals surface area contributed by atoms with E-state index in [0.717, 1.165) is 38.0 Å². The fraction of sp³-hybridized carbons (Fsp3) is 0.500. The Hall–Kier alpha value is -2.06. The molecule has 1 aliphatic carbocycles. The first kappa shape index (κ1) is 13.9. The fourth-order valence-corrected chi connectivity index (χ4v) is 3.01. The zero-order valence-corrected chi connectivity index (χ0v) is 12.0. The Balaban J connectivity index is 1.75. The van der Waals surface area contributed by atoms with Crippen molar-refractivity contribution in [1.82, 2.24) is 5.32 Å². The average molecular weight is 284 g/mol. The van der Waals surface area contributed by atoms with Gasteiger partial charge in [0.1, 0.15) is 5.78 Å². The first-order valence-corrected chi connectivity index (χ1v) is 7.43. The Labute approximate surface area is 124 Å². The lowest BCUT2D eigenvalue weighted by atomic mass is 9.80. The van der Waals surface area contributed by atoms with E-state index < -0.39 is 0 Å². The summed E-state index contributed by atoms with van der Waals surface area (Å²) in [7, 11) is 0. The van der Waals surface area contributed by atoms with E-state index in [2.05, 4.69) is 16.7 Å². The Morgan fingerprint density at radius 3 is 2.95 bits per heavy atom. The molecule has 4 N–H and O–H groups in total. The van der Waals surface area contributed by atoms with Crippen molar-refractivity contribution in [3.05, 3.63) is 23.8 Å². The van der Waals surface area contributed by atoms with Gasteiger partial charge in [-0.05, 0) is 44.0 Å². The summed E-state index contributed by atoms with van der Waals surface area (Å²) in [6.07, 6.45) is 2.94. The highest BCUT2D eigenvalue weighted by atomic mass is 16.1. The first-order chi connectivity index (χ1) is 10.1. The molecule has 0 unspecified atom stereocenters. The molecule has 1 aromatic carbocycles. The van der Waals surface area contributed by atoms with Crippen molar-refractivity contribution in [2.75, 3.05) is 30.7 Å². The van der Waals surface area contributed by atoms with Crippen LogP contribution in [0.1, 0.15) is 24.8 Å². The average Bonchev–Trinajstić information content (AvgIpc) is 3.24. The molecule has 1 aromatic rings. The summed E-state index contributed by atoms with van der Waals surface area (Å²) in [6, 6.07) is 7.27. The van der Waals surface area contributed by atoms with Crippen molar-refractivity contribution in [2.24, 2.45) is 11.3 Å². The Bertz CT molecular complexity index is 595.